The summed E-state index contributed by atoms with van der Waals surface area (Å²) in [4.78, 5) is 1.23. The number of fused-ring (bicyclic) bond motifs is 1. The van der Waals surface area contributed by atoms with Gasteiger partial charge in [-0.3, -0.25) is 0 Å². The monoisotopic (exact) mass is 235 g/mol. The number of thioether (sulfide) groups is 1. The molecule has 0 amide bonds. The number of aliphatic hydroxyl groups is 1. The molecule has 0 radical (unpaired) electrons. The van der Waals surface area contributed by atoms with Gasteiger partial charge in [-0.05, 0) is 19.9 Å². The van der Waals surface area contributed by atoms with Crippen LogP contribution in [0.25, 0.3) is 10.9 Å². The maximum atomic E-state index is 9.31. The lowest BCUT2D eigenvalue weighted by Crippen LogP contribution is -2.19. The minimum absolute atomic E-state index is 0.135. The Hall–Kier alpha value is -0.930. The maximum absolute atomic E-state index is 9.31. The molecule has 1 N–H and O–H groups in total. The fourth-order valence-corrected chi connectivity index (χ4v) is 2.87. The van der Waals surface area contributed by atoms with Gasteiger partial charge in [-0.15, -0.1) is 11.8 Å². The van der Waals surface area contributed by atoms with E-state index in [-0.39, 0.29) is 11.4 Å². The normalized spacial score (nSPS) is 12.2. The molecule has 0 spiro atoms. The third kappa shape index (κ3) is 2.11. The zero-order chi connectivity index (χ0) is 11.8. The van der Waals surface area contributed by atoms with E-state index in [1.807, 2.05) is 6.07 Å². The lowest BCUT2D eigenvalue weighted by Gasteiger charge is -2.20. The Morgan fingerprint density at radius 3 is 2.69 bits per heavy atom. The van der Waals surface area contributed by atoms with Crippen LogP contribution in [0, 0.1) is 0 Å². The van der Waals surface area contributed by atoms with Gasteiger partial charge in [0.05, 0.1) is 6.61 Å². The Balaban J connectivity index is 2.46. The summed E-state index contributed by atoms with van der Waals surface area (Å²) in [7, 11) is 2.05. The third-order valence-corrected chi connectivity index (χ3v) is 3.85. The Morgan fingerprint density at radius 1 is 1.31 bits per heavy atom. The molecule has 1 aromatic carbocycles. The number of hydrogen-bond donors (Lipinski definition) is 1. The van der Waals surface area contributed by atoms with Gasteiger partial charge in [0, 0.05) is 33.8 Å². The van der Waals surface area contributed by atoms with E-state index in [1.165, 1.54) is 15.8 Å². The van der Waals surface area contributed by atoms with E-state index < -0.39 is 0 Å². The van der Waals surface area contributed by atoms with Crippen molar-refractivity contribution in [2.45, 2.75) is 23.5 Å². The quantitative estimate of drug-likeness (QED) is 0.827. The molecule has 3 heteroatoms. The highest BCUT2D eigenvalue weighted by Crippen LogP contribution is 2.37. The molecule has 2 rings (SSSR count). The molecule has 0 unspecified atom stereocenters. The summed E-state index contributed by atoms with van der Waals surface area (Å²) in [5.74, 6) is 0. The minimum Gasteiger partial charge on any atom is -0.395 e. The molecular formula is C13H17NOS. The Bertz CT molecular complexity index is 502. The molecule has 16 heavy (non-hydrogen) atoms. The van der Waals surface area contributed by atoms with Gasteiger partial charge in [-0.1, -0.05) is 18.2 Å². The second-order valence-corrected chi connectivity index (χ2v) is 6.39. The molecule has 0 saturated carbocycles. The average Bonchev–Trinajstić information content (AvgIpc) is 2.56. The third-order valence-electron chi connectivity index (χ3n) is 2.63. The van der Waals surface area contributed by atoms with E-state index in [4.69, 9.17) is 0 Å². The van der Waals surface area contributed by atoms with Crippen molar-refractivity contribution in [2.24, 2.45) is 7.05 Å². The first kappa shape index (κ1) is 11.6. The smallest absolute Gasteiger partial charge is 0.0576 e. The van der Waals surface area contributed by atoms with E-state index in [2.05, 4.69) is 49.9 Å². The standard InChI is InChI=1S/C13H17NOS/c1-13(2,9-15)16-12-8-14(3)11-7-5-4-6-10(11)12/h4-8,15H,9H2,1-3H3. The first-order valence-corrected chi connectivity index (χ1v) is 6.19. The van der Waals surface area contributed by atoms with Gasteiger partial charge >= 0.3 is 0 Å². The highest BCUT2D eigenvalue weighted by Gasteiger charge is 2.20. The van der Waals surface area contributed by atoms with Gasteiger partial charge in [0.1, 0.15) is 0 Å². The molecule has 0 atom stereocenters. The van der Waals surface area contributed by atoms with Crippen molar-refractivity contribution in [3.05, 3.63) is 30.5 Å². The number of aryl methyl sites for hydroxylation is 1. The SMILES string of the molecule is Cn1cc(SC(C)(C)CO)c2ccccc21. The van der Waals surface area contributed by atoms with Crippen molar-refractivity contribution in [3.63, 3.8) is 0 Å². The Morgan fingerprint density at radius 2 is 2.00 bits per heavy atom. The van der Waals surface area contributed by atoms with Crippen LogP contribution in [-0.2, 0) is 7.05 Å². The van der Waals surface area contributed by atoms with E-state index in [1.54, 1.807) is 11.8 Å². The number of nitrogens with zero attached hydrogens (tertiary/aromatic N) is 1. The van der Waals surface area contributed by atoms with Crippen molar-refractivity contribution in [2.75, 3.05) is 6.61 Å². The maximum Gasteiger partial charge on any atom is 0.0576 e. The van der Waals surface area contributed by atoms with Gasteiger partial charge in [0.25, 0.3) is 0 Å². The van der Waals surface area contributed by atoms with Crippen LogP contribution in [0.15, 0.2) is 35.4 Å². The molecule has 86 valence electrons. The van der Waals surface area contributed by atoms with Gasteiger partial charge in [0.15, 0.2) is 0 Å². The molecule has 2 aromatic rings. The predicted molar refractivity (Wildman–Crippen MR) is 69.9 cm³/mol. The fourth-order valence-electron chi connectivity index (χ4n) is 1.72. The molecule has 2 nitrogen and oxygen atoms in total. The zero-order valence-corrected chi connectivity index (χ0v) is 10.7. The number of hydrogen-bond acceptors (Lipinski definition) is 2. The van der Waals surface area contributed by atoms with E-state index in [0.29, 0.717) is 0 Å². The summed E-state index contributed by atoms with van der Waals surface area (Å²) in [6, 6.07) is 8.35. The first-order valence-electron chi connectivity index (χ1n) is 5.37. The van der Waals surface area contributed by atoms with Crippen LogP contribution in [0.2, 0.25) is 0 Å². The molecule has 0 aliphatic heterocycles. The molecule has 0 fully saturated rings. The second-order valence-electron chi connectivity index (χ2n) is 4.64. The first-order chi connectivity index (χ1) is 7.53. The largest absolute Gasteiger partial charge is 0.395 e. The van der Waals surface area contributed by atoms with Crippen molar-refractivity contribution in [1.82, 2.24) is 4.57 Å². The van der Waals surface area contributed by atoms with Crippen LogP contribution in [0.3, 0.4) is 0 Å². The second kappa shape index (κ2) is 4.15. The van der Waals surface area contributed by atoms with Gasteiger partial charge in [-0.2, -0.15) is 0 Å². The summed E-state index contributed by atoms with van der Waals surface area (Å²) in [6.07, 6.45) is 2.13. The highest BCUT2D eigenvalue weighted by atomic mass is 32.2. The lowest BCUT2D eigenvalue weighted by molar-refractivity contribution is 0.265. The molecule has 1 heterocycles. The van der Waals surface area contributed by atoms with Crippen LogP contribution >= 0.6 is 11.8 Å². The van der Waals surface area contributed by atoms with Crippen LogP contribution in [0.5, 0.6) is 0 Å². The van der Waals surface area contributed by atoms with Crippen molar-refractivity contribution < 1.29 is 5.11 Å². The molecule has 0 aliphatic rings. The van der Waals surface area contributed by atoms with E-state index >= 15 is 0 Å². The summed E-state index contributed by atoms with van der Waals surface area (Å²) < 4.78 is 2.00. The number of benzene rings is 1. The highest BCUT2D eigenvalue weighted by molar-refractivity contribution is 8.00. The number of para-hydroxylation sites is 1. The average molecular weight is 235 g/mol. The van der Waals surface area contributed by atoms with E-state index in [0.717, 1.165) is 0 Å². The van der Waals surface area contributed by atoms with Gasteiger partial charge < -0.3 is 9.67 Å². The van der Waals surface area contributed by atoms with E-state index in [9.17, 15) is 5.11 Å². The van der Waals surface area contributed by atoms with Crippen molar-refractivity contribution >= 4 is 22.7 Å². The van der Waals surface area contributed by atoms with Crippen LogP contribution in [0.1, 0.15) is 13.8 Å². The van der Waals surface area contributed by atoms with Crippen LogP contribution in [0.4, 0.5) is 0 Å². The van der Waals surface area contributed by atoms with Crippen LogP contribution in [-0.4, -0.2) is 21.0 Å². The number of aliphatic hydroxyl groups excluding tert-OH is 1. The number of aromatic nitrogens is 1. The van der Waals surface area contributed by atoms with Gasteiger partial charge in [-0.25, -0.2) is 0 Å². The summed E-state index contributed by atoms with van der Waals surface area (Å²) >= 11 is 1.73. The lowest BCUT2D eigenvalue weighted by atomic mass is 10.2. The Kier molecular flexibility index (Phi) is 3.00. The molecule has 0 aliphatic carbocycles. The van der Waals surface area contributed by atoms with Crippen molar-refractivity contribution in [1.29, 1.82) is 0 Å². The topological polar surface area (TPSA) is 25.2 Å². The van der Waals surface area contributed by atoms with Gasteiger partial charge in [0.2, 0.25) is 0 Å². The summed E-state index contributed by atoms with van der Waals surface area (Å²) in [5.41, 5.74) is 1.23. The Labute approximate surface area is 100 Å². The fraction of sp³-hybridized carbons (Fsp3) is 0.385. The zero-order valence-electron chi connectivity index (χ0n) is 9.90. The molecule has 0 saturated heterocycles. The molecule has 1 aromatic heterocycles. The summed E-state index contributed by atoms with van der Waals surface area (Å²) in [6.45, 7) is 4.29. The number of rotatable bonds is 3. The van der Waals surface area contributed by atoms with Crippen LogP contribution < -0.4 is 0 Å². The molecular weight excluding hydrogens is 218 g/mol. The summed E-state index contributed by atoms with van der Waals surface area (Å²) in [5, 5.41) is 10.6. The minimum atomic E-state index is -0.135. The molecule has 0 bridgehead atoms. The van der Waals surface area contributed by atoms with Crippen molar-refractivity contribution in [3.8, 4) is 0 Å². The predicted octanol–water partition coefficient (Wildman–Crippen LogP) is 3.04.